The van der Waals surface area contributed by atoms with Crippen LogP contribution in [-0.4, -0.2) is 60.4 Å². The standard InChI is InChI=1S/C23H30N6/c1-28-9-11-29(12-10-28)18-7-8-20-21(13-18)27-22(15-26-20)19(23(24)16-5-6-16)14-25-17-3-2-4-17/h7-8,13-17H,2-6,9-12,24H2,1H3. The Bertz CT molecular complexity index is 949. The van der Waals surface area contributed by atoms with Crippen LogP contribution in [0.4, 0.5) is 5.69 Å². The average molecular weight is 391 g/mol. The molecular formula is C23H30N6. The molecule has 0 bridgehead atoms. The molecule has 2 saturated carbocycles. The second kappa shape index (κ2) is 7.75. The van der Waals surface area contributed by atoms with Gasteiger partial charge in [-0.1, -0.05) is 0 Å². The summed E-state index contributed by atoms with van der Waals surface area (Å²) in [6, 6.07) is 6.87. The van der Waals surface area contributed by atoms with E-state index in [4.69, 9.17) is 15.7 Å². The van der Waals surface area contributed by atoms with Gasteiger partial charge in [0.25, 0.3) is 0 Å². The lowest BCUT2D eigenvalue weighted by atomic mass is 9.94. The molecule has 2 N–H and O–H groups in total. The minimum absolute atomic E-state index is 0.453. The number of hydrogen-bond acceptors (Lipinski definition) is 6. The molecule has 2 aromatic rings. The summed E-state index contributed by atoms with van der Waals surface area (Å²) in [6.07, 6.45) is 9.81. The van der Waals surface area contributed by atoms with Crippen LogP contribution < -0.4 is 10.6 Å². The zero-order valence-corrected chi connectivity index (χ0v) is 17.2. The maximum Gasteiger partial charge on any atom is 0.0925 e. The molecule has 152 valence electrons. The second-order valence-electron chi connectivity index (χ2n) is 8.72. The summed E-state index contributed by atoms with van der Waals surface area (Å²) < 4.78 is 0. The summed E-state index contributed by atoms with van der Waals surface area (Å²) in [5.74, 6) is 0.479. The van der Waals surface area contributed by atoms with E-state index in [-0.39, 0.29) is 0 Å². The van der Waals surface area contributed by atoms with Gasteiger partial charge in [0, 0.05) is 55.4 Å². The molecular weight excluding hydrogens is 360 g/mol. The predicted octanol–water partition coefficient (Wildman–Crippen LogP) is 3.08. The van der Waals surface area contributed by atoms with Crippen LogP contribution in [0.3, 0.4) is 0 Å². The molecule has 0 spiro atoms. The number of fused-ring (bicyclic) bond motifs is 1. The van der Waals surface area contributed by atoms with Crippen LogP contribution in [0.1, 0.15) is 37.8 Å². The fraction of sp³-hybridized carbons (Fsp3) is 0.522. The number of likely N-dealkylation sites (N-methyl/N-ethyl adjacent to an activating group) is 1. The largest absolute Gasteiger partial charge is 0.401 e. The minimum Gasteiger partial charge on any atom is -0.401 e. The fourth-order valence-corrected chi connectivity index (χ4v) is 4.01. The highest BCUT2D eigenvalue weighted by atomic mass is 15.2. The lowest BCUT2D eigenvalue weighted by Gasteiger charge is -2.34. The SMILES string of the molecule is CN1CCN(c2ccc3ncc(C(C=NC4CCC4)=C(N)C4CC4)nc3c2)CC1. The summed E-state index contributed by atoms with van der Waals surface area (Å²) in [4.78, 5) is 19.2. The Labute approximate surface area is 172 Å². The number of rotatable bonds is 5. The van der Waals surface area contributed by atoms with E-state index in [0.29, 0.717) is 12.0 Å². The summed E-state index contributed by atoms with van der Waals surface area (Å²) in [6.45, 7) is 4.27. The van der Waals surface area contributed by atoms with Crippen LogP contribution >= 0.6 is 0 Å². The highest BCUT2D eigenvalue weighted by molar-refractivity contribution is 6.10. The molecule has 0 amide bonds. The first kappa shape index (κ1) is 18.6. The lowest BCUT2D eigenvalue weighted by Crippen LogP contribution is -2.44. The van der Waals surface area contributed by atoms with Gasteiger partial charge in [0.15, 0.2) is 0 Å². The normalized spacial score (nSPS) is 22.2. The third-order valence-electron chi connectivity index (χ3n) is 6.49. The third kappa shape index (κ3) is 3.99. The summed E-state index contributed by atoms with van der Waals surface area (Å²) >= 11 is 0. The number of nitrogens with two attached hydrogens (primary N) is 1. The van der Waals surface area contributed by atoms with E-state index in [1.54, 1.807) is 0 Å². The van der Waals surface area contributed by atoms with Gasteiger partial charge in [-0.2, -0.15) is 0 Å². The van der Waals surface area contributed by atoms with Crippen LogP contribution in [0.2, 0.25) is 0 Å². The molecule has 3 fully saturated rings. The molecule has 3 aliphatic rings. The Hall–Kier alpha value is -2.47. The molecule has 1 aromatic carbocycles. The number of hydrogen-bond donors (Lipinski definition) is 1. The van der Waals surface area contributed by atoms with Gasteiger partial charge in [-0.05, 0) is 63.3 Å². The van der Waals surface area contributed by atoms with Crippen molar-refractivity contribution in [2.45, 2.75) is 38.1 Å². The van der Waals surface area contributed by atoms with Gasteiger partial charge in [-0.3, -0.25) is 9.98 Å². The molecule has 6 nitrogen and oxygen atoms in total. The zero-order chi connectivity index (χ0) is 19.8. The molecule has 0 atom stereocenters. The zero-order valence-electron chi connectivity index (χ0n) is 17.2. The van der Waals surface area contributed by atoms with E-state index < -0.39 is 0 Å². The molecule has 5 rings (SSSR count). The highest BCUT2D eigenvalue weighted by Gasteiger charge is 2.27. The first-order valence-electron chi connectivity index (χ1n) is 10.9. The molecule has 29 heavy (non-hydrogen) atoms. The van der Waals surface area contributed by atoms with Crippen LogP contribution in [-0.2, 0) is 0 Å². The lowest BCUT2D eigenvalue weighted by molar-refractivity contribution is 0.313. The average Bonchev–Trinajstić information content (AvgIpc) is 3.55. The van der Waals surface area contributed by atoms with Crippen molar-refractivity contribution in [2.75, 3.05) is 38.1 Å². The minimum atomic E-state index is 0.453. The van der Waals surface area contributed by atoms with Crippen LogP contribution in [0, 0.1) is 5.92 Å². The van der Waals surface area contributed by atoms with Crippen molar-refractivity contribution >= 4 is 28.5 Å². The van der Waals surface area contributed by atoms with Crippen molar-refractivity contribution in [1.82, 2.24) is 14.9 Å². The van der Waals surface area contributed by atoms with E-state index in [2.05, 4.69) is 40.0 Å². The third-order valence-corrected chi connectivity index (χ3v) is 6.49. The number of allylic oxidation sites excluding steroid dienone is 2. The van der Waals surface area contributed by atoms with Gasteiger partial charge in [0.05, 0.1) is 22.9 Å². The number of anilines is 1. The van der Waals surface area contributed by atoms with Crippen molar-refractivity contribution in [1.29, 1.82) is 0 Å². The number of aliphatic imine (C=N–C) groups is 1. The van der Waals surface area contributed by atoms with Crippen molar-refractivity contribution < 1.29 is 0 Å². The van der Waals surface area contributed by atoms with Crippen molar-refractivity contribution in [3.8, 4) is 0 Å². The number of benzene rings is 1. The van der Waals surface area contributed by atoms with E-state index in [0.717, 1.165) is 54.2 Å². The molecule has 1 aliphatic heterocycles. The van der Waals surface area contributed by atoms with E-state index in [1.807, 2.05) is 12.4 Å². The van der Waals surface area contributed by atoms with Crippen molar-refractivity contribution in [2.24, 2.45) is 16.6 Å². The smallest absolute Gasteiger partial charge is 0.0925 e. The van der Waals surface area contributed by atoms with E-state index >= 15 is 0 Å². The molecule has 2 aliphatic carbocycles. The quantitative estimate of drug-likeness (QED) is 0.795. The van der Waals surface area contributed by atoms with Gasteiger partial charge in [-0.25, -0.2) is 4.98 Å². The molecule has 0 unspecified atom stereocenters. The molecule has 0 radical (unpaired) electrons. The van der Waals surface area contributed by atoms with Crippen LogP contribution in [0.5, 0.6) is 0 Å². The second-order valence-corrected chi connectivity index (χ2v) is 8.72. The van der Waals surface area contributed by atoms with Gasteiger partial charge >= 0.3 is 0 Å². The number of nitrogens with zero attached hydrogens (tertiary/aromatic N) is 5. The Morgan fingerprint density at radius 2 is 1.90 bits per heavy atom. The van der Waals surface area contributed by atoms with Crippen molar-refractivity contribution in [3.05, 3.63) is 35.8 Å². The topological polar surface area (TPSA) is 70.6 Å². The number of piperazine rings is 1. The molecule has 6 heteroatoms. The van der Waals surface area contributed by atoms with Gasteiger partial charge in [0.1, 0.15) is 0 Å². The Balaban J connectivity index is 1.48. The monoisotopic (exact) mass is 390 g/mol. The van der Waals surface area contributed by atoms with Crippen molar-refractivity contribution in [3.63, 3.8) is 0 Å². The highest BCUT2D eigenvalue weighted by Crippen LogP contribution is 2.37. The maximum atomic E-state index is 6.51. The Morgan fingerprint density at radius 3 is 2.59 bits per heavy atom. The van der Waals surface area contributed by atoms with Gasteiger partial charge in [-0.15, -0.1) is 0 Å². The summed E-state index contributed by atoms with van der Waals surface area (Å²) in [5.41, 5.74) is 12.3. The van der Waals surface area contributed by atoms with E-state index in [9.17, 15) is 0 Å². The molecule has 2 heterocycles. The Kier molecular flexibility index (Phi) is 4.96. The fourth-order valence-electron chi connectivity index (χ4n) is 4.01. The predicted molar refractivity (Wildman–Crippen MR) is 119 cm³/mol. The first-order valence-corrected chi connectivity index (χ1v) is 10.9. The first-order chi connectivity index (χ1) is 14.2. The summed E-state index contributed by atoms with van der Waals surface area (Å²) in [7, 11) is 2.18. The van der Waals surface area contributed by atoms with Crippen LogP contribution in [0.15, 0.2) is 35.1 Å². The number of aromatic nitrogens is 2. The molecule has 1 saturated heterocycles. The van der Waals surface area contributed by atoms with Crippen LogP contribution in [0.25, 0.3) is 16.6 Å². The Morgan fingerprint density at radius 1 is 1.10 bits per heavy atom. The summed E-state index contributed by atoms with van der Waals surface area (Å²) in [5, 5.41) is 0. The van der Waals surface area contributed by atoms with Gasteiger partial charge < -0.3 is 15.5 Å². The molecule has 1 aromatic heterocycles. The van der Waals surface area contributed by atoms with E-state index in [1.165, 1.54) is 37.8 Å². The maximum absolute atomic E-state index is 6.51. The van der Waals surface area contributed by atoms with Gasteiger partial charge in [0.2, 0.25) is 0 Å².